The van der Waals surface area contributed by atoms with Crippen LogP contribution in [-0.2, 0) is 10.2 Å². The molecule has 2 aromatic rings. The molecular formula is C19H22N4OS. The van der Waals surface area contributed by atoms with E-state index in [2.05, 4.69) is 36.3 Å². The SMILES string of the molecule is CC1(C)[C@@H]2CC[C@]1(C)c1nnc(SCC(=O)Nc3ccccc3)nc12. The van der Waals surface area contributed by atoms with E-state index in [0.717, 1.165) is 29.9 Å². The molecule has 4 rings (SSSR count). The van der Waals surface area contributed by atoms with Gasteiger partial charge in [0.25, 0.3) is 0 Å². The molecule has 0 radical (unpaired) electrons. The molecule has 1 aromatic carbocycles. The molecule has 1 amide bonds. The Labute approximate surface area is 152 Å². The monoisotopic (exact) mass is 354 g/mol. The predicted octanol–water partition coefficient (Wildman–Crippen LogP) is 3.78. The van der Waals surface area contributed by atoms with E-state index in [-0.39, 0.29) is 22.5 Å². The Kier molecular flexibility index (Phi) is 3.83. The molecule has 1 aromatic heterocycles. The third-order valence-corrected chi connectivity index (χ3v) is 7.00. The van der Waals surface area contributed by atoms with Crippen LogP contribution in [0.25, 0.3) is 0 Å². The molecule has 130 valence electrons. The maximum Gasteiger partial charge on any atom is 0.234 e. The second-order valence-electron chi connectivity index (χ2n) is 7.68. The van der Waals surface area contributed by atoms with E-state index < -0.39 is 0 Å². The first-order valence-corrected chi connectivity index (χ1v) is 9.63. The number of carbonyl (C=O) groups excluding carboxylic acids is 1. The molecule has 1 saturated carbocycles. The number of para-hydroxylation sites is 1. The van der Waals surface area contributed by atoms with Crippen LogP contribution in [0.15, 0.2) is 35.5 Å². The van der Waals surface area contributed by atoms with Gasteiger partial charge in [0.15, 0.2) is 0 Å². The van der Waals surface area contributed by atoms with Gasteiger partial charge < -0.3 is 5.32 Å². The van der Waals surface area contributed by atoms with Crippen LogP contribution < -0.4 is 5.32 Å². The Morgan fingerprint density at radius 2 is 2.00 bits per heavy atom. The summed E-state index contributed by atoms with van der Waals surface area (Å²) in [5.41, 5.74) is 3.20. The van der Waals surface area contributed by atoms with Gasteiger partial charge in [-0.1, -0.05) is 50.7 Å². The van der Waals surface area contributed by atoms with Crippen molar-refractivity contribution in [1.82, 2.24) is 15.2 Å². The lowest BCUT2D eigenvalue weighted by Gasteiger charge is -2.33. The number of anilines is 1. The van der Waals surface area contributed by atoms with Crippen LogP contribution in [-0.4, -0.2) is 26.8 Å². The van der Waals surface area contributed by atoms with Crippen molar-refractivity contribution in [2.45, 2.75) is 50.1 Å². The molecule has 5 nitrogen and oxygen atoms in total. The lowest BCUT2D eigenvalue weighted by Crippen LogP contribution is -2.32. The highest BCUT2D eigenvalue weighted by Crippen LogP contribution is 2.66. The number of aromatic nitrogens is 3. The predicted molar refractivity (Wildman–Crippen MR) is 98.7 cm³/mol. The molecule has 0 aliphatic heterocycles. The first-order valence-electron chi connectivity index (χ1n) is 8.64. The van der Waals surface area contributed by atoms with Crippen molar-refractivity contribution in [2.24, 2.45) is 5.41 Å². The summed E-state index contributed by atoms with van der Waals surface area (Å²) >= 11 is 1.34. The Morgan fingerprint density at radius 1 is 1.24 bits per heavy atom. The van der Waals surface area contributed by atoms with Gasteiger partial charge in [0.05, 0.1) is 17.1 Å². The van der Waals surface area contributed by atoms with Gasteiger partial charge >= 0.3 is 0 Å². The minimum absolute atomic E-state index is 0.0610. The fourth-order valence-corrected chi connectivity index (χ4v) is 4.86. The van der Waals surface area contributed by atoms with Crippen LogP contribution in [0.3, 0.4) is 0 Å². The van der Waals surface area contributed by atoms with E-state index in [9.17, 15) is 4.79 Å². The second-order valence-corrected chi connectivity index (χ2v) is 8.62. The first kappa shape index (κ1) is 16.5. The number of benzene rings is 1. The van der Waals surface area contributed by atoms with Crippen molar-refractivity contribution in [3.8, 4) is 0 Å². The van der Waals surface area contributed by atoms with Gasteiger partial charge in [-0.3, -0.25) is 4.79 Å². The lowest BCUT2D eigenvalue weighted by molar-refractivity contribution is -0.113. The van der Waals surface area contributed by atoms with E-state index in [1.165, 1.54) is 11.8 Å². The second kappa shape index (κ2) is 5.80. The summed E-state index contributed by atoms with van der Waals surface area (Å²) in [5.74, 6) is 0.662. The highest BCUT2D eigenvalue weighted by Gasteiger charge is 2.61. The number of hydrogen-bond acceptors (Lipinski definition) is 5. The van der Waals surface area contributed by atoms with Crippen LogP contribution in [0.4, 0.5) is 5.69 Å². The number of hydrogen-bond donors (Lipinski definition) is 1. The first-order chi connectivity index (χ1) is 11.9. The normalized spacial score (nSPS) is 25.6. The third-order valence-electron chi connectivity index (χ3n) is 6.16. The molecule has 1 heterocycles. The quantitative estimate of drug-likeness (QED) is 0.847. The topological polar surface area (TPSA) is 67.8 Å². The van der Waals surface area contributed by atoms with E-state index in [1.807, 2.05) is 30.3 Å². The van der Waals surface area contributed by atoms with Gasteiger partial charge in [0.1, 0.15) is 0 Å². The van der Waals surface area contributed by atoms with Crippen molar-refractivity contribution in [3.05, 3.63) is 41.7 Å². The molecule has 25 heavy (non-hydrogen) atoms. The molecule has 2 aliphatic rings. The number of rotatable bonds is 4. The molecule has 1 N–H and O–H groups in total. The van der Waals surface area contributed by atoms with Gasteiger partial charge in [-0.15, -0.1) is 5.10 Å². The number of nitrogens with one attached hydrogen (secondary N) is 1. The lowest BCUT2D eigenvalue weighted by atomic mass is 9.70. The van der Waals surface area contributed by atoms with Gasteiger partial charge in [-0.2, -0.15) is 5.10 Å². The average molecular weight is 354 g/mol. The highest BCUT2D eigenvalue weighted by atomic mass is 32.2. The zero-order chi connectivity index (χ0) is 17.7. The van der Waals surface area contributed by atoms with E-state index in [0.29, 0.717) is 11.1 Å². The van der Waals surface area contributed by atoms with Crippen molar-refractivity contribution in [3.63, 3.8) is 0 Å². The number of amides is 1. The number of fused-ring (bicyclic) bond motifs is 5. The van der Waals surface area contributed by atoms with E-state index >= 15 is 0 Å². The Balaban J connectivity index is 1.46. The Hall–Kier alpha value is -1.95. The molecule has 2 bridgehead atoms. The molecule has 6 heteroatoms. The largest absolute Gasteiger partial charge is 0.325 e. The van der Waals surface area contributed by atoms with Crippen molar-refractivity contribution in [1.29, 1.82) is 0 Å². The van der Waals surface area contributed by atoms with Gasteiger partial charge in [0.2, 0.25) is 11.1 Å². The van der Waals surface area contributed by atoms with Crippen molar-refractivity contribution < 1.29 is 4.79 Å². The highest BCUT2D eigenvalue weighted by molar-refractivity contribution is 7.99. The summed E-state index contributed by atoms with van der Waals surface area (Å²) in [6.45, 7) is 6.91. The van der Waals surface area contributed by atoms with Crippen LogP contribution in [0.5, 0.6) is 0 Å². The number of carbonyl (C=O) groups is 1. The average Bonchev–Trinajstić information content (AvgIpc) is 2.93. The molecule has 0 saturated heterocycles. The van der Waals surface area contributed by atoms with Crippen molar-refractivity contribution in [2.75, 3.05) is 11.1 Å². The molecule has 1 fully saturated rings. The minimum atomic E-state index is -0.0610. The molecule has 2 aliphatic carbocycles. The zero-order valence-corrected chi connectivity index (χ0v) is 15.6. The molecular weight excluding hydrogens is 332 g/mol. The fourth-order valence-electron chi connectivity index (χ4n) is 4.27. The van der Waals surface area contributed by atoms with Crippen LogP contribution in [0.1, 0.15) is 50.9 Å². The number of thioether (sulfide) groups is 1. The van der Waals surface area contributed by atoms with E-state index in [1.54, 1.807) is 0 Å². The molecule has 2 atom stereocenters. The summed E-state index contributed by atoms with van der Waals surface area (Å²) in [7, 11) is 0. The van der Waals surface area contributed by atoms with Gasteiger partial charge in [-0.05, 0) is 30.4 Å². The molecule has 0 unspecified atom stereocenters. The van der Waals surface area contributed by atoms with E-state index in [4.69, 9.17) is 4.98 Å². The minimum Gasteiger partial charge on any atom is -0.325 e. The summed E-state index contributed by atoms with van der Waals surface area (Å²) in [5, 5.41) is 12.3. The van der Waals surface area contributed by atoms with Crippen LogP contribution in [0, 0.1) is 5.41 Å². The molecule has 0 spiro atoms. The Bertz CT molecular complexity index is 823. The zero-order valence-electron chi connectivity index (χ0n) is 14.7. The van der Waals surface area contributed by atoms with Gasteiger partial charge in [-0.25, -0.2) is 4.98 Å². The fraction of sp³-hybridized carbons (Fsp3) is 0.474. The summed E-state index contributed by atoms with van der Waals surface area (Å²) in [6, 6.07) is 9.45. The third kappa shape index (κ3) is 2.54. The van der Waals surface area contributed by atoms with Crippen LogP contribution in [0.2, 0.25) is 0 Å². The van der Waals surface area contributed by atoms with Crippen molar-refractivity contribution >= 4 is 23.4 Å². The smallest absolute Gasteiger partial charge is 0.234 e. The summed E-state index contributed by atoms with van der Waals surface area (Å²) in [4.78, 5) is 16.9. The standard InChI is InChI=1S/C19H22N4OS/c1-18(2)13-9-10-19(18,3)16-15(13)21-17(23-22-16)25-11-14(24)20-12-7-5-4-6-8-12/h4-8,13H,9-11H2,1-3H3,(H,20,24)/t13-,19-/m1/s1. The summed E-state index contributed by atoms with van der Waals surface area (Å²) in [6.07, 6.45) is 2.31. The number of nitrogens with zero attached hydrogens (tertiary/aromatic N) is 3. The van der Waals surface area contributed by atoms with Crippen LogP contribution >= 0.6 is 11.8 Å². The maximum absolute atomic E-state index is 12.1. The summed E-state index contributed by atoms with van der Waals surface area (Å²) < 4.78 is 0. The van der Waals surface area contributed by atoms with Gasteiger partial charge in [0, 0.05) is 17.0 Å². The Morgan fingerprint density at radius 3 is 2.76 bits per heavy atom. The maximum atomic E-state index is 12.1.